The summed E-state index contributed by atoms with van der Waals surface area (Å²) in [5, 5.41) is 1.39. The zero-order valence-electron chi connectivity index (χ0n) is 15.8. The van der Waals surface area contributed by atoms with E-state index in [2.05, 4.69) is 21.4 Å². The number of hydrogen-bond acceptors (Lipinski definition) is 5. The van der Waals surface area contributed by atoms with E-state index in [0.29, 0.717) is 9.93 Å². The standard InChI is InChI=1S/C20H17BrClN3O2S2/c1-11-4-6-13(15(22)8-11)18(26)23-25-19(27)17(29-20(25)28)10-12-5-7-16(24(2)3)14(21)9-12/h4-10H,1-3H3,(H,23,26)/b17-10-. The van der Waals surface area contributed by atoms with Crippen molar-refractivity contribution in [2.75, 3.05) is 19.0 Å². The predicted octanol–water partition coefficient (Wildman–Crippen LogP) is 5.02. The molecule has 0 saturated carbocycles. The highest BCUT2D eigenvalue weighted by Gasteiger charge is 2.34. The van der Waals surface area contributed by atoms with Crippen LogP contribution in [0.4, 0.5) is 5.69 Å². The van der Waals surface area contributed by atoms with E-state index >= 15 is 0 Å². The molecule has 1 fully saturated rings. The minimum atomic E-state index is -0.495. The van der Waals surface area contributed by atoms with E-state index in [4.69, 9.17) is 23.8 Å². The number of carbonyl (C=O) groups is 2. The number of thioether (sulfide) groups is 1. The molecule has 0 atom stereocenters. The second-order valence-corrected chi connectivity index (χ2v) is 9.48. The second-order valence-electron chi connectivity index (χ2n) is 6.55. The monoisotopic (exact) mass is 509 g/mol. The molecule has 3 rings (SSSR count). The Morgan fingerprint density at radius 1 is 1.28 bits per heavy atom. The highest BCUT2D eigenvalue weighted by atomic mass is 79.9. The Morgan fingerprint density at radius 3 is 2.62 bits per heavy atom. The molecular weight excluding hydrogens is 494 g/mol. The first kappa shape index (κ1) is 21.8. The third-order valence-electron chi connectivity index (χ3n) is 4.13. The van der Waals surface area contributed by atoms with Gasteiger partial charge in [-0.05, 0) is 76.5 Å². The number of hydrazine groups is 1. The first-order valence-electron chi connectivity index (χ1n) is 8.49. The maximum Gasteiger partial charge on any atom is 0.285 e. The van der Waals surface area contributed by atoms with Gasteiger partial charge >= 0.3 is 0 Å². The van der Waals surface area contributed by atoms with E-state index in [1.165, 1.54) is 0 Å². The van der Waals surface area contributed by atoms with Crippen LogP contribution in [0.2, 0.25) is 5.02 Å². The molecule has 1 saturated heterocycles. The average Bonchev–Trinajstić information content (AvgIpc) is 2.88. The number of thiocarbonyl (C=S) groups is 1. The molecule has 1 heterocycles. The Balaban J connectivity index is 1.80. The van der Waals surface area contributed by atoms with Crippen LogP contribution in [0.1, 0.15) is 21.5 Å². The van der Waals surface area contributed by atoms with Crippen molar-refractivity contribution in [3.8, 4) is 0 Å². The molecule has 1 aliphatic heterocycles. The van der Waals surface area contributed by atoms with Gasteiger partial charge < -0.3 is 4.90 Å². The third kappa shape index (κ3) is 4.83. The van der Waals surface area contributed by atoms with Crippen LogP contribution in [-0.2, 0) is 4.79 Å². The molecule has 1 aliphatic rings. The molecule has 2 aromatic rings. The molecule has 2 aromatic carbocycles. The highest BCUT2D eigenvalue weighted by molar-refractivity contribution is 9.10. The van der Waals surface area contributed by atoms with Gasteiger partial charge in [0.25, 0.3) is 11.8 Å². The summed E-state index contributed by atoms with van der Waals surface area (Å²) in [5.74, 6) is -0.880. The third-order valence-corrected chi connectivity index (χ3v) is 6.38. The summed E-state index contributed by atoms with van der Waals surface area (Å²) in [4.78, 5) is 27.7. The molecule has 2 amide bonds. The van der Waals surface area contributed by atoms with Crippen LogP contribution in [0.3, 0.4) is 0 Å². The van der Waals surface area contributed by atoms with Gasteiger partial charge in [-0.25, -0.2) is 0 Å². The normalized spacial score (nSPS) is 15.2. The van der Waals surface area contributed by atoms with E-state index in [0.717, 1.165) is 38.1 Å². The molecule has 0 bridgehead atoms. The number of nitrogens with one attached hydrogen (secondary N) is 1. The van der Waals surface area contributed by atoms with Crippen molar-refractivity contribution in [2.45, 2.75) is 6.92 Å². The molecule has 0 radical (unpaired) electrons. The van der Waals surface area contributed by atoms with E-state index in [9.17, 15) is 9.59 Å². The molecule has 0 aliphatic carbocycles. The fraction of sp³-hybridized carbons (Fsp3) is 0.150. The lowest BCUT2D eigenvalue weighted by atomic mass is 10.1. The predicted molar refractivity (Wildman–Crippen MR) is 127 cm³/mol. The number of rotatable bonds is 4. The molecule has 29 heavy (non-hydrogen) atoms. The van der Waals surface area contributed by atoms with Gasteiger partial charge in [0.15, 0.2) is 4.32 Å². The van der Waals surface area contributed by atoms with Crippen molar-refractivity contribution in [1.29, 1.82) is 0 Å². The Kier molecular flexibility index (Phi) is 6.68. The van der Waals surface area contributed by atoms with Gasteiger partial charge in [-0.1, -0.05) is 35.5 Å². The average molecular weight is 511 g/mol. The van der Waals surface area contributed by atoms with Gasteiger partial charge in [-0.3, -0.25) is 15.0 Å². The van der Waals surface area contributed by atoms with Crippen LogP contribution in [0.25, 0.3) is 6.08 Å². The summed E-state index contributed by atoms with van der Waals surface area (Å²) in [5.41, 5.74) is 5.63. The first-order valence-corrected chi connectivity index (χ1v) is 10.9. The van der Waals surface area contributed by atoms with Gasteiger partial charge in [0.05, 0.1) is 21.2 Å². The maximum absolute atomic E-state index is 12.8. The number of hydrogen-bond donors (Lipinski definition) is 1. The second kappa shape index (κ2) is 8.87. The first-order chi connectivity index (χ1) is 13.7. The lowest BCUT2D eigenvalue weighted by Gasteiger charge is -2.16. The summed E-state index contributed by atoms with van der Waals surface area (Å²) in [6.07, 6.45) is 1.74. The van der Waals surface area contributed by atoms with E-state index in [1.807, 2.05) is 44.1 Å². The van der Waals surface area contributed by atoms with Crippen molar-refractivity contribution in [2.24, 2.45) is 0 Å². The fourth-order valence-corrected chi connectivity index (χ4v) is 4.91. The van der Waals surface area contributed by atoms with Crippen LogP contribution in [0.5, 0.6) is 0 Å². The molecular formula is C20H17BrClN3O2S2. The van der Waals surface area contributed by atoms with Crippen LogP contribution < -0.4 is 10.3 Å². The van der Waals surface area contributed by atoms with Crippen LogP contribution in [0, 0.1) is 6.92 Å². The largest absolute Gasteiger partial charge is 0.377 e. The summed E-state index contributed by atoms with van der Waals surface area (Å²) in [6, 6.07) is 10.9. The number of anilines is 1. The quantitative estimate of drug-likeness (QED) is 0.462. The van der Waals surface area contributed by atoms with Crippen molar-refractivity contribution in [3.05, 3.63) is 67.5 Å². The molecule has 5 nitrogen and oxygen atoms in total. The van der Waals surface area contributed by atoms with E-state index in [-0.39, 0.29) is 15.8 Å². The number of amides is 2. The SMILES string of the molecule is Cc1ccc(C(=O)NN2C(=O)/C(=C/c3ccc(N(C)C)c(Br)c3)SC2=S)c(Cl)c1. The zero-order valence-corrected chi connectivity index (χ0v) is 19.8. The topological polar surface area (TPSA) is 52.7 Å². The summed E-state index contributed by atoms with van der Waals surface area (Å²) >= 11 is 16.1. The molecule has 9 heteroatoms. The zero-order chi connectivity index (χ0) is 21.3. The number of nitrogens with zero attached hydrogens (tertiary/aromatic N) is 2. The fourth-order valence-electron chi connectivity index (χ4n) is 2.66. The Labute approximate surface area is 192 Å². The maximum atomic E-state index is 12.8. The van der Waals surface area contributed by atoms with Crippen LogP contribution in [-0.4, -0.2) is 35.2 Å². The summed E-state index contributed by atoms with van der Waals surface area (Å²) in [7, 11) is 3.90. The van der Waals surface area contributed by atoms with Crippen LogP contribution >= 0.6 is 51.5 Å². The highest BCUT2D eigenvalue weighted by Crippen LogP contribution is 2.33. The summed E-state index contributed by atoms with van der Waals surface area (Å²) < 4.78 is 1.16. The van der Waals surface area contributed by atoms with Gasteiger partial charge in [0.2, 0.25) is 0 Å². The minimum Gasteiger partial charge on any atom is -0.377 e. The van der Waals surface area contributed by atoms with Crippen molar-refractivity contribution in [1.82, 2.24) is 10.4 Å². The van der Waals surface area contributed by atoms with Gasteiger partial charge in [-0.2, -0.15) is 5.01 Å². The van der Waals surface area contributed by atoms with E-state index < -0.39 is 5.91 Å². The Morgan fingerprint density at radius 2 is 2.00 bits per heavy atom. The van der Waals surface area contributed by atoms with E-state index in [1.54, 1.807) is 24.3 Å². The van der Waals surface area contributed by atoms with Crippen molar-refractivity contribution >= 4 is 79.4 Å². The molecule has 0 aromatic heterocycles. The molecule has 0 spiro atoms. The number of aryl methyl sites for hydroxylation is 1. The van der Waals surface area contributed by atoms with Crippen LogP contribution in [0.15, 0.2) is 45.8 Å². The number of carbonyl (C=O) groups excluding carboxylic acids is 2. The van der Waals surface area contributed by atoms with Gasteiger partial charge in [0, 0.05) is 18.6 Å². The lowest BCUT2D eigenvalue weighted by molar-refractivity contribution is -0.123. The summed E-state index contributed by atoms with van der Waals surface area (Å²) in [6.45, 7) is 1.88. The number of halogens is 2. The minimum absolute atomic E-state index is 0.252. The Hall–Kier alpha value is -1.87. The molecule has 150 valence electrons. The van der Waals surface area contributed by atoms with Gasteiger partial charge in [0.1, 0.15) is 0 Å². The molecule has 1 N–H and O–H groups in total. The smallest absolute Gasteiger partial charge is 0.285 e. The molecule has 0 unspecified atom stereocenters. The number of benzene rings is 2. The van der Waals surface area contributed by atoms with Gasteiger partial charge in [-0.15, -0.1) is 0 Å². The van der Waals surface area contributed by atoms with Crippen molar-refractivity contribution in [3.63, 3.8) is 0 Å². The van der Waals surface area contributed by atoms with Crippen molar-refractivity contribution < 1.29 is 9.59 Å². The Bertz CT molecular complexity index is 1060. The lowest BCUT2D eigenvalue weighted by Crippen LogP contribution is -2.44.